The van der Waals surface area contributed by atoms with Crippen LogP contribution in [-0.2, 0) is 4.79 Å². The average Bonchev–Trinajstić information content (AvgIpc) is 2.75. The third-order valence-electron chi connectivity index (χ3n) is 2.07. The smallest absolute Gasteiger partial charge is 0.370 e. The van der Waals surface area contributed by atoms with E-state index in [2.05, 4.69) is 10.3 Å². The van der Waals surface area contributed by atoms with E-state index in [0.29, 0.717) is 4.96 Å². The minimum atomic E-state index is -0.515. The maximum Gasteiger partial charge on any atom is 0.372 e. The maximum atomic E-state index is 10.9. The highest BCUT2D eigenvalue weighted by atomic mass is 32.1. The number of nitro groups is 1. The highest BCUT2D eigenvalue weighted by Crippen LogP contribution is 2.27. The fourth-order valence-electron chi connectivity index (χ4n) is 1.37. The van der Waals surface area contributed by atoms with Crippen LogP contribution in [0.15, 0.2) is 11.6 Å². The summed E-state index contributed by atoms with van der Waals surface area (Å²) < 4.78 is 1.39. The predicted octanol–water partition coefficient (Wildman–Crippen LogP) is 0.591. The zero-order valence-corrected chi connectivity index (χ0v) is 9.44. The number of amides is 1. The van der Waals surface area contributed by atoms with E-state index in [1.54, 1.807) is 11.6 Å². The maximum absolute atomic E-state index is 10.9. The standard InChI is InChI=1S/C8H9N5O3S/c9-5(14)1-2-10-6-7(13(15)16)12-3-4-17-8(12)11-6/h3-4,10H,1-2H2,(H2,9,14). The van der Waals surface area contributed by atoms with Crippen LogP contribution < -0.4 is 11.1 Å². The average molecular weight is 255 g/mol. The molecule has 0 unspecified atom stereocenters. The van der Waals surface area contributed by atoms with Gasteiger partial charge in [-0.15, -0.1) is 0 Å². The van der Waals surface area contributed by atoms with E-state index >= 15 is 0 Å². The highest BCUT2D eigenvalue weighted by Gasteiger charge is 2.23. The molecule has 3 N–H and O–H groups in total. The number of primary amides is 1. The lowest BCUT2D eigenvalue weighted by molar-refractivity contribution is -0.389. The molecule has 0 aliphatic heterocycles. The van der Waals surface area contributed by atoms with Gasteiger partial charge in [0.2, 0.25) is 11.7 Å². The van der Waals surface area contributed by atoms with Gasteiger partial charge in [0.25, 0.3) is 4.96 Å². The van der Waals surface area contributed by atoms with Gasteiger partial charge in [-0.05, 0) is 4.92 Å². The minimum absolute atomic E-state index is 0.0995. The molecule has 0 saturated carbocycles. The zero-order valence-electron chi connectivity index (χ0n) is 8.62. The fourth-order valence-corrected chi connectivity index (χ4v) is 2.08. The summed E-state index contributed by atoms with van der Waals surface area (Å²) >= 11 is 1.30. The molecule has 0 atom stereocenters. The summed E-state index contributed by atoms with van der Waals surface area (Å²) in [6, 6.07) is 0. The van der Waals surface area contributed by atoms with E-state index in [-0.39, 0.29) is 24.6 Å². The predicted molar refractivity (Wildman–Crippen MR) is 62.0 cm³/mol. The lowest BCUT2D eigenvalue weighted by atomic mass is 10.4. The summed E-state index contributed by atoms with van der Waals surface area (Å²) in [5.74, 6) is -0.449. The molecule has 8 nitrogen and oxygen atoms in total. The summed E-state index contributed by atoms with van der Waals surface area (Å²) in [4.78, 5) is 25.5. The number of fused-ring (bicyclic) bond motifs is 1. The Hall–Kier alpha value is -2.16. The number of aromatic nitrogens is 2. The third-order valence-corrected chi connectivity index (χ3v) is 2.83. The van der Waals surface area contributed by atoms with Crippen molar-refractivity contribution < 1.29 is 9.72 Å². The van der Waals surface area contributed by atoms with Crippen LogP contribution in [0.1, 0.15) is 6.42 Å². The van der Waals surface area contributed by atoms with Crippen molar-refractivity contribution in [3.8, 4) is 0 Å². The molecule has 2 heterocycles. The quantitative estimate of drug-likeness (QED) is 0.599. The molecule has 0 bridgehead atoms. The van der Waals surface area contributed by atoms with Crippen molar-refractivity contribution in [2.24, 2.45) is 5.73 Å². The molecule has 0 aliphatic carbocycles. The minimum Gasteiger partial charge on any atom is -0.370 e. The van der Waals surface area contributed by atoms with Gasteiger partial charge < -0.3 is 21.2 Å². The summed E-state index contributed by atoms with van der Waals surface area (Å²) in [5.41, 5.74) is 4.97. The summed E-state index contributed by atoms with van der Waals surface area (Å²) in [6.07, 6.45) is 1.67. The zero-order chi connectivity index (χ0) is 12.4. The van der Waals surface area contributed by atoms with E-state index < -0.39 is 10.8 Å². The Labute approximate surface area is 99.2 Å². The first-order chi connectivity index (χ1) is 8.09. The first-order valence-electron chi connectivity index (χ1n) is 4.71. The van der Waals surface area contributed by atoms with Crippen molar-refractivity contribution in [1.82, 2.24) is 9.38 Å². The molecule has 2 rings (SSSR count). The van der Waals surface area contributed by atoms with Crippen LogP contribution in [0.3, 0.4) is 0 Å². The van der Waals surface area contributed by atoms with Crippen molar-refractivity contribution in [3.05, 3.63) is 21.7 Å². The van der Waals surface area contributed by atoms with Crippen molar-refractivity contribution in [3.63, 3.8) is 0 Å². The number of anilines is 1. The lowest BCUT2D eigenvalue weighted by Gasteiger charge is -2.00. The SMILES string of the molecule is NC(=O)CCNc1nc2sccn2c1[N+](=O)[O-]. The Kier molecular flexibility index (Phi) is 2.91. The lowest BCUT2D eigenvalue weighted by Crippen LogP contribution is -2.16. The van der Waals surface area contributed by atoms with Gasteiger partial charge in [0.15, 0.2) is 0 Å². The molecular formula is C8H9N5O3S. The van der Waals surface area contributed by atoms with Gasteiger partial charge in [-0.2, -0.15) is 9.38 Å². The summed E-state index contributed by atoms with van der Waals surface area (Å²) in [5, 5.41) is 15.4. The van der Waals surface area contributed by atoms with Crippen LogP contribution in [-0.4, -0.2) is 26.8 Å². The van der Waals surface area contributed by atoms with Crippen molar-refractivity contribution in [2.45, 2.75) is 6.42 Å². The number of hydrogen-bond acceptors (Lipinski definition) is 6. The Morgan fingerprint density at radius 1 is 1.71 bits per heavy atom. The Balaban J connectivity index is 2.26. The topological polar surface area (TPSA) is 116 Å². The number of imidazole rings is 1. The molecule has 2 aromatic rings. The molecular weight excluding hydrogens is 246 g/mol. The van der Waals surface area contributed by atoms with Crippen molar-refractivity contribution in [1.29, 1.82) is 0 Å². The normalized spacial score (nSPS) is 10.6. The molecule has 0 radical (unpaired) electrons. The number of nitrogens with one attached hydrogen (secondary N) is 1. The van der Waals surface area contributed by atoms with Crippen LogP contribution >= 0.6 is 11.3 Å². The van der Waals surface area contributed by atoms with E-state index in [9.17, 15) is 14.9 Å². The molecule has 17 heavy (non-hydrogen) atoms. The Bertz CT molecular complexity index is 575. The molecule has 0 fully saturated rings. The number of hydrogen-bond donors (Lipinski definition) is 2. The van der Waals surface area contributed by atoms with Crippen LogP contribution in [0.5, 0.6) is 0 Å². The summed E-state index contributed by atoms with van der Waals surface area (Å²) in [6.45, 7) is 0.223. The van der Waals surface area contributed by atoms with Gasteiger partial charge in [0.1, 0.15) is 6.20 Å². The number of rotatable bonds is 5. The number of nitrogens with zero attached hydrogens (tertiary/aromatic N) is 3. The Morgan fingerprint density at radius 3 is 3.12 bits per heavy atom. The monoisotopic (exact) mass is 255 g/mol. The molecule has 0 aromatic carbocycles. The van der Waals surface area contributed by atoms with E-state index in [4.69, 9.17) is 5.73 Å². The first-order valence-corrected chi connectivity index (χ1v) is 5.59. The molecule has 0 spiro atoms. The summed E-state index contributed by atoms with van der Waals surface area (Å²) in [7, 11) is 0. The van der Waals surface area contributed by atoms with E-state index in [1.807, 2.05) is 0 Å². The molecule has 9 heteroatoms. The van der Waals surface area contributed by atoms with Gasteiger partial charge >= 0.3 is 5.82 Å². The molecule has 0 saturated heterocycles. The van der Waals surface area contributed by atoms with Gasteiger partial charge in [-0.1, -0.05) is 11.3 Å². The van der Waals surface area contributed by atoms with E-state index in [0.717, 1.165) is 0 Å². The van der Waals surface area contributed by atoms with Gasteiger partial charge in [-0.3, -0.25) is 4.79 Å². The number of nitrogens with two attached hydrogens (primary N) is 1. The second-order valence-corrected chi connectivity index (χ2v) is 4.11. The van der Waals surface area contributed by atoms with Crippen LogP contribution in [0.25, 0.3) is 4.96 Å². The molecule has 90 valence electrons. The van der Waals surface area contributed by atoms with Gasteiger partial charge in [0.05, 0.1) is 0 Å². The van der Waals surface area contributed by atoms with Gasteiger partial charge in [-0.25, -0.2) is 0 Å². The molecule has 1 amide bonds. The number of carbonyl (C=O) groups excluding carboxylic acids is 1. The second-order valence-electron chi connectivity index (χ2n) is 3.24. The largest absolute Gasteiger partial charge is 0.372 e. The van der Waals surface area contributed by atoms with Crippen molar-refractivity contribution in [2.75, 3.05) is 11.9 Å². The number of thiazole rings is 1. The van der Waals surface area contributed by atoms with Crippen molar-refractivity contribution >= 4 is 33.8 Å². The molecule has 0 aliphatic rings. The highest BCUT2D eigenvalue weighted by molar-refractivity contribution is 7.15. The van der Waals surface area contributed by atoms with Gasteiger partial charge in [0, 0.05) is 18.3 Å². The molecule has 2 aromatic heterocycles. The Morgan fingerprint density at radius 2 is 2.47 bits per heavy atom. The first kappa shape index (κ1) is 11.3. The number of carbonyl (C=O) groups is 1. The third kappa shape index (κ3) is 2.18. The van der Waals surface area contributed by atoms with Crippen LogP contribution in [0.4, 0.5) is 11.6 Å². The second kappa shape index (κ2) is 4.37. The fraction of sp³-hybridized carbons (Fsp3) is 0.250. The van der Waals surface area contributed by atoms with Crippen LogP contribution in [0, 0.1) is 10.1 Å². The van der Waals surface area contributed by atoms with E-state index in [1.165, 1.54) is 15.7 Å². The van der Waals surface area contributed by atoms with Crippen LogP contribution in [0.2, 0.25) is 0 Å².